The Hall–Kier alpha value is -1.91. The van der Waals surface area contributed by atoms with Crippen LogP contribution < -0.4 is 0 Å². The molecule has 2 saturated heterocycles. The maximum atomic E-state index is 12.7. The predicted octanol–water partition coefficient (Wildman–Crippen LogP) is 1.24. The Morgan fingerprint density at radius 2 is 2.14 bits per heavy atom. The highest BCUT2D eigenvalue weighted by molar-refractivity contribution is 5.96. The van der Waals surface area contributed by atoms with Crippen molar-refractivity contribution in [2.45, 2.75) is 44.7 Å². The highest BCUT2D eigenvalue weighted by Crippen LogP contribution is 2.26. The summed E-state index contributed by atoms with van der Waals surface area (Å²) in [7, 11) is 0. The lowest BCUT2D eigenvalue weighted by Crippen LogP contribution is -2.65. The molecule has 1 aromatic heterocycles. The number of nitrogens with zero attached hydrogens (tertiary/aromatic N) is 3. The lowest BCUT2D eigenvalue weighted by atomic mass is 9.95. The number of carbonyl (C=O) groups is 2. The molecular weight excluding hydrogens is 266 g/mol. The molecule has 0 radical (unpaired) electrons. The Morgan fingerprint density at radius 1 is 1.29 bits per heavy atom. The average molecular weight is 287 g/mol. The number of carbonyl (C=O) groups excluding carboxylic acids is 2. The van der Waals surface area contributed by atoms with Gasteiger partial charge in [0.25, 0.3) is 0 Å². The van der Waals surface area contributed by atoms with Crippen LogP contribution in [0.3, 0.4) is 0 Å². The van der Waals surface area contributed by atoms with Crippen LogP contribution in [-0.2, 0) is 16.0 Å². The fourth-order valence-electron chi connectivity index (χ4n) is 3.31. The van der Waals surface area contributed by atoms with E-state index < -0.39 is 0 Å². The van der Waals surface area contributed by atoms with E-state index in [1.807, 2.05) is 25.3 Å². The standard InChI is InChI=1S/C16H21N3O2/c1-12-15(20)19-9-3-2-6-14(19)16(21)18(12)10-7-13-5-4-8-17-11-13/h4-5,8,11-12,14H,2-3,6-7,9-10H2,1H3. The maximum Gasteiger partial charge on any atom is 0.246 e. The normalized spacial score (nSPS) is 26.0. The van der Waals surface area contributed by atoms with E-state index in [-0.39, 0.29) is 23.9 Å². The van der Waals surface area contributed by atoms with E-state index in [1.165, 1.54) is 0 Å². The number of fused-ring (bicyclic) bond motifs is 1. The van der Waals surface area contributed by atoms with Crippen LogP contribution in [0.25, 0.3) is 0 Å². The number of pyridine rings is 1. The van der Waals surface area contributed by atoms with E-state index in [0.29, 0.717) is 6.54 Å². The molecule has 3 rings (SSSR count). The molecular formula is C16H21N3O2. The van der Waals surface area contributed by atoms with Crippen molar-refractivity contribution in [2.75, 3.05) is 13.1 Å². The van der Waals surface area contributed by atoms with E-state index in [2.05, 4.69) is 4.98 Å². The van der Waals surface area contributed by atoms with Crippen molar-refractivity contribution in [3.63, 3.8) is 0 Å². The Bertz CT molecular complexity index is 532. The summed E-state index contributed by atoms with van der Waals surface area (Å²) in [4.78, 5) is 32.7. The number of hydrogen-bond acceptors (Lipinski definition) is 3. The van der Waals surface area contributed by atoms with Crippen molar-refractivity contribution in [1.29, 1.82) is 0 Å². The number of piperazine rings is 1. The zero-order valence-corrected chi connectivity index (χ0v) is 12.4. The molecule has 1 aromatic rings. The molecule has 0 N–H and O–H groups in total. The number of hydrogen-bond donors (Lipinski definition) is 0. The van der Waals surface area contributed by atoms with Crippen LogP contribution in [0.15, 0.2) is 24.5 Å². The summed E-state index contributed by atoms with van der Waals surface area (Å²) in [6.45, 7) is 3.16. The molecule has 0 spiro atoms. The van der Waals surface area contributed by atoms with Crippen molar-refractivity contribution < 1.29 is 9.59 Å². The van der Waals surface area contributed by atoms with Gasteiger partial charge in [0, 0.05) is 25.5 Å². The number of amides is 2. The van der Waals surface area contributed by atoms with Gasteiger partial charge in [-0.05, 0) is 44.2 Å². The van der Waals surface area contributed by atoms with E-state index in [9.17, 15) is 9.59 Å². The first-order valence-corrected chi connectivity index (χ1v) is 7.68. The van der Waals surface area contributed by atoms with Gasteiger partial charge in [-0.15, -0.1) is 0 Å². The first-order chi connectivity index (χ1) is 10.2. The van der Waals surface area contributed by atoms with Crippen molar-refractivity contribution in [3.8, 4) is 0 Å². The summed E-state index contributed by atoms with van der Waals surface area (Å²) >= 11 is 0. The maximum absolute atomic E-state index is 12.7. The third-order valence-corrected chi connectivity index (χ3v) is 4.54. The van der Waals surface area contributed by atoms with E-state index in [0.717, 1.165) is 37.8 Å². The Kier molecular flexibility index (Phi) is 3.90. The lowest BCUT2D eigenvalue weighted by Gasteiger charge is -2.46. The largest absolute Gasteiger partial charge is 0.329 e. The van der Waals surface area contributed by atoms with Gasteiger partial charge < -0.3 is 9.80 Å². The van der Waals surface area contributed by atoms with Gasteiger partial charge in [0.05, 0.1) is 0 Å². The highest BCUT2D eigenvalue weighted by atomic mass is 16.2. The van der Waals surface area contributed by atoms with E-state index in [4.69, 9.17) is 0 Å². The predicted molar refractivity (Wildman–Crippen MR) is 78.5 cm³/mol. The van der Waals surface area contributed by atoms with Crippen LogP contribution >= 0.6 is 0 Å². The summed E-state index contributed by atoms with van der Waals surface area (Å²) in [6, 6.07) is 3.32. The van der Waals surface area contributed by atoms with Gasteiger partial charge in [-0.1, -0.05) is 6.07 Å². The van der Waals surface area contributed by atoms with Gasteiger partial charge in [0.2, 0.25) is 11.8 Å². The summed E-state index contributed by atoms with van der Waals surface area (Å²) in [5.74, 6) is 0.219. The zero-order chi connectivity index (χ0) is 14.8. The van der Waals surface area contributed by atoms with E-state index >= 15 is 0 Å². The molecule has 2 amide bonds. The average Bonchev–Trinajstić information content (AvgIpc) is 2.54. The van der Waals surface area contributed by atoms with Gasteiger partial charge >= 0.3 is 0 Å². The Labute approximate surface area is 124 Å². The zero-order valence-electron chi connectivity index (χ0n) is 12.4. The smallest absolute Gasteiger partial charge is 0.246 e. The molecule has 2 aliphatic rings. The lowest BCUT2D eigenvalue weighted by molar-refractivity contribution is -0.162. The molecule has 0 aliphatic carbocycles. The Morgan fingerprint density at radius 3 is 2.90 bits per heavy atom. The van der Waals surface area contributed by atoms with Crippen molar-refractivity contribution >= 4 is 11.8 Å². The van der Waals surface area contributed by atoms with E-state index in [1.54, 1.807) is 16.0 Å². The molecule has 0 aromatic carbocycles. The van der Waals surface area contributed by atoms with Crippen LogP contribution in [-0.4, -0.2) is 51.8 Å². The van der Waals surface area contributed by atoms with Crippen LogP contribution in [0.4, 0.5) is 0 Å². The van der Waals surface area contributed by atoms with Crippen LogP contribution in [0, 0.1) is 0 Å². The van der Waals surface area contributed by atoms with Crippen LogP contribution in [0.5, 0.6) is 0 Å². The quantitative estimate of drug-likeness (QED) is 0.840. The van der Waals surface area contributed by atoms with Gasteiger partial charge in [0.15, 0.2) is 0 Å². The molecule has 5 heteroatoms. The fraction of sp³-hybridized carbons (Fsp3) is 0.562. The summed E-state index contributed by atoms with van der Waals surface area (Å²) in [5.41, 5.74) is 1.09. The SMILES string of the molecule is CC1C(=O)N2CCCCC2C(=O)N1CCc1cccnc1. The minimum absolute atomic E-state index is 0.102. The molecule has 21 heavy (non-hydrogen) atoms. The third kappa shape index (κ3) is 2.64. The van der Waals surface area contributed by atoms with Crippen molar-refractivity contribution in [1.82, 2.24) is 14.8 Å². The van der Waals surface area contributed by atoms with Crippen LogP contribution in [0.2, 0.25) is 0 Å². The minimum atomic E-state index is -0.344. The van der Waals surface area contributed by atoms with Gasteiger partial charge in [-0.3, -0.25) is 14.6 Å². The first kappa shape index (κ1) is 14.0. The molecule has 2 aliphatic heterocycles. The molecule has 2 atom stereocenters. The molecule has 3 heterocycles. The molecule has 112 valence electrons. The van der Waals surface area contributed by atoms with Gasteiger partial charge in [0.1, 0.15) is 12.1 Å². The molecule has 0 saturated carbocycles. The molecule has 2 fully saturated rings. The monoisotopic (exact) mass is 287 g/mol. The minimum Gasteiger partial charge on any atom is -0.329 e. The topological polar surface area (TPSA) is 53.5 Å². The Balaban J connectivity index is 1.72. The first-order valence-electron chi connectivity index (χ1n) is 7.68. The molecule has 5 nitrogen and oxygen atoms in total. The second-order valence-corrected chi connectivity index (χ2v) is 5.86. The molecule has 0 bridgehead atoms. The highest BCUT2D eigenvalue weighted by Gasteiger charge is 2.44. The summed E-state index contributed by atoms with van der Waals surface area (Å²) in [6.07, 6.45) is 7.14. The number of rotatable bonds is 3. The molecule has 2 unspecified atom stereocenters. The second-order valence-electron chi connectivity index (χ2n) is 5.86. The van der Waals surface area contributed by atoms with Gasteiger partial charge in [-0.2, -0.15) is 0 Å². The fourth-order valence-corrected chi connectivity index (χ4v) is 3.31. The number of piperidine rings is 1. The second kappa shape index (κ2) is 5.84. The summed E-state index contributed by atoms with van der Waals surface area (Å²) < 4.78 is 0. The number of aromatic nitrogens is 1. The van der Waals surface area contributed by atoms with Crippen molar-refractivity contribution in [3.05, 3.63) is 30.1 Å². The van der Waals surface area contributed by atoms with Gasteiger partial charge in [-0.25, -0.2) is 0 Å². The van der Waals surface area contributed by atoms with Crippen molar-refractivity contribution in [2.24, 2.45) is 0 Å². The van der Waals surface area contributed by atoms with Crippen LogP contribution in [0.1, 0.15) is 31.7 Å². The third-order valence-electron chi connectivity index (χ3n) is 4.54. The summed E-state index contributed by atoms with van der Waals surface area (Å²) in [5, 5.41) is 0.